The predicted molar refractivity (Wildman–Crippen MR) is 69.1 cm³/mol. The van der Waals surface area contributed by atoms with Gasteiger partial charge in [0.1, 0.15) is 0 Å². The maximum atomic E-state index is 5.61. The van der Waals surface area contributed by atoms with Crippen molar-refractivity contribution >= 4 is 0 Å². The molecule has 0 aromatic rings. The van der Waals surface area contributed by atoms with E-state index in [-0.39, 0.29) is 0 Å². The van der Waals surface area contributed by atoms with Gasteiger partial charge in [0.05, 0.1) is 0 Å². The Morgan fingerprint density at radius 3 is 2.20 bits per heavy atom. The van der Waals surface area contributed by atoms with Crippen molar-refractivity contribution in [3.05, 3.63) is 0 Å². The van der Waals surface area contributed by atoms with Crippen LogP contribution in [0.4, 0.5) is 0 Å². The zero-order chi connectivity index (χ0) is 11.9. The lowest BCUT2D eigenvalue weighted by Crippen LogP contribution is -2.32. The lowest BCUT2D eigenvalue weighted by atomic mass is 9.84. The van der Waals surface area contributed by atoms with Gasteiger partial charge in [-0.25, -0.2) is 0 Å². The molecule has 92 valence electrons. The highest BCUT2D eigenvalue weighted by molar-refractivity contribution is 4.70. The van der Waals surface area contributed by atoms with E-state index in [1.165, 1.54) is 19.4 Å². The fraction of sp³-hybridized carbons (Fsp3) is 1.00. The second-order valence-corrected chi connectivity index (χ2v) is 5.53. The topological polar surface area (TPSA) is 29.3 Å². The molecule has 2 nitrogen and oxygen atoms in total. The van der Waals surface area contributed by atoms with Gasteiger partial charge in [-0.2, -0.15) is 0 Å². The van der Waals surface area contributed by atoms with E-state index in [2.05, 4.69) is 39.5 Å². The summed E-state index contributed by atoms with van der Waals surface area (Å²) in [5.74, 6) is 0. The highest BCUT2D eigenvalue weighted by atomic mass is 15.1. The average molecular weight is 214 g/mol. The van der Waals surface area contributed by atoms with E-state index in [9.17, 15) is 0 Å². The maximum Gasteiger partial charge on any atom is 0.00384 e. The van der Waals surface area contributed by atoms with Gasteiger partial charge < -0.3 is 10.6 Å². The molecular weight excluding hydrogens is 184 g/mol. The first kappa shape index (κ1) is 14.9. The first-order valence-corrected chi connectivity index (χ1v) is 6.37. The number of hydrogen-bond acceptors (Lipinski definition) is 2. The van der Waals surface area contributed by atoms with Gasteiger partial charge in [-0.15, -0.1) is 0 Å². The zero-order valence-electron chi connectivity index (χ0n) is 11.3. The standard InChI is InChI=1S/C13H30N2/c1-6-15(12(2)3)11-7-8-13(4,5)9-10-14/h12H,6-11,14H2,1-5H3. The van der Waals surface area contributed by atoms with Crippen molar-refractivity contribution in [1.29, 1.82) is 0 Å². The van der Waals surface area contributed by atoms with Crippen LogP contribution in [0.5, 0.6) is 0 Å². The summed E-state index contributed by atoms with van der Waals surface area (Å²) in [6, 6.07) is 0.674. The molecule has 0 heterocycles. The summed E-state index contributed by atoms with van der Waals surface area (Å²) in [5, 5.41) is 0. The van der Waals surface area contributed by atoms with Gasteiger partial charge in [-0.05, 0) is 58.2 Å². The van der Waals surface area contributed by atoms with Gasteiger partial charge in [0.15, 0.2) is 0 Å². The van der Waals surface area contributed by atoms with Gasteiger partial charge in [-0.1, -0.05) is 20.8 Å². The molecule has 0 saturated carbocycles. The Labute approximate surface area is 96.2 Å². The largest absolute Gasteiger partial charge is 0.330 e. The first-order chi connectivity index (χ1) is 6.93. The molecule has 0 fully saturated rings. The predicted octanol–water partition coefficient (Wildman–Crippen LogP) is 2.87. The number of hydrogen-bond donors (Lipinski definition) is 1. The van der Waals surface area contributed by atoms with Crippen LogP contribution in [0.1, 0.15) is 53.9 Å². The van der Waals surface area contributed by atoms with Gasteiger partial charge in [-0.3, -0.25) is 0 Å². The zero-order valence-corrected chi connectivity index (χ0v) is 11.3. The molecule has 0 aliphatic carbocycles. The van der Waals surface area contributed by atoms with Crippen LogP contribution >= 0.6 is 0 Å². The van der Waals surface area contributed by atoms with Crippen LogP contribution < -0.4 is 5.73 Å². The molecule has 0 bridgehead atoms. The minimum absolute atomic E-state index is 0.422. The normalized spacial score (nSPS) is 12.8. The number of nitrogens with two attached hydrogens (primary N) is 1. The monoisotopic (exact) mass is 214 g/mol. The van der Waals surface area contributed by atoms with Gasteiger partial charge in [0, 0.05) is 6.04 Å². The molecule has 0 aromatic carbocycles. The van der Waals surface area contributed by atoms with Crippen LogP contribution in [0.15, 0.2) is 0 Å². The van der Waals surface area contributed by atoms with E-state index < -0.39 is 0 Å². The van der Waals surface area contributed by atoms with Crippen molar-refractivity contribution in [1.82, 2.24) is 4.90 Å². The van der Waals surface area contributed by atoms with E-state index in [0.29, 0.717) is 11.5 Å². The molecule has 0 aliphatic rings. The fourth-order valence-electron chi connectivity index (χ4n) is 2.06. The van der Waals surface area contributed by atoms with Crippen molar-refractivity contribution in [2.24, 2.45) is 11.1 Å². The third kappa shape index (κ3) is 6.91. The van der Waals surface area contributed by atoms with E-state index in [1.807, 2.05) is 0 Å². The number of nitrogens with zero attached hydrogens (tertiary/aromatic N) is 1. The van der Waals surface area contributed by atoms with Crippen molar-refractivity contribution in [3.63, 3.8) is 0 Å². The summed E-state index contributed by atoms with van der Waals surface area (Å²) in [4.78, 5) is 2.53. The van der Waals surface area contributed by atoms with Crippen LogP contribution in [-0.2, 0) is 0 Å². The Morgan fingerprint density at radius 2 is 1.80 bits per heavy atom. The Hall–Kier alpha value is -0.0800. The third-order valence-electron chi connectivity index (χ3n) is 3.26. The molecule has 0 unspecified atom stereocenters. The van der Waals surface area contributed by atoms with Crippen molar-refractivity contribution in [2.45, 2.75) is 59.9 Å². The second-order valence-electron chi connectivity index (χ2n) is 5.53. The third-order valence-corrected chi connectivity index (χ3v) is 3.26. The van der Waals surface area contributed by atoms with E-state index in [0.717, 1.165) is 19.5 Å². The molecule has 0 amide bonds. The summed E-state index contributed by atoms with van der Waals surface area (Å²) in [6.07, 6.45) is 3.72. The quantitative estimate of drug-likeness (QED) is 0.673. The summed E-state index contributed by atoms with van der Waals surface area (Å²) in [7, 11) is 0. The van der Waals surface area contributed by atoms with E-state index in [1.54, 1.807) is 0 Å². The number of rotatable bonds is 8. The lowest BCUT2D eigenvalue weighted by molar-refractivity contribution is 0.207. The summed E-state index contributed by atoms with van der Waals surface area (Å²) in [5.41, 5.74) is 6.03. The second kappa shape index (κ2) is 7.24. The van der Waals surface area contributed by atoms with Crippen LogP contribution in [0.2, 0.25) is 0 Å². The van der Waals surface area contributed by atoms with Crippen molar-refractivity contribution in [2.75, 3.05) is 19.6 Å². The SMILES string of the molecule is CCN(CCCC(C)(C)CCN)C(C)C. The van der Waals surface area contributed by atoms with E-state index in [4.69, 9.17) is 5.73 Å². The highest BCUT2D eigenvalue weighted by Crippen LogP contribution is 2.25. The molecule has 2 N–H and O–H groups in total. The summed E-state index contributed by atoms with van der Waals surface area (Å²) >= 11 is 0. The van der Waals surface area contributed by atoms with E-state index >= 15 is 0 Å². The molecule has 0 aliphatic heterocycles. The first-order valence-electron chi connectivity index (χ1n) is 6.37. The molecule has 0 rings (SSSR count). The molecule has 0 radical (unpaired) electrons. The minimum atomic E-state index is 0.422. The minimum Gasteiger partial charge on any atom is -0.330 e. The summed E-state index contributed by atoms with van der Waals surface area (Å²) < 4.78 is 0. The molecule has 0 atom stereocenters. The smallest absolute Gasteiger partial charge is 0.00384 e. The van der Waals surface area contributed by atoms with Crippen LogP contribution in [0, 0.1) is 5.41 Å². The Balaban J connectivity index is 3.76. The molecular formula is C13H30N2. The van der Waals surface area contributed by atoms with Gasteiger partial charge in [0.25, 0.3) is 0 Å². The van der Waals surface area contributed by atoms with Crippen LogP contribution in [0.3, 0.4) is 0 Å². The maximum absolute atomic E-state index is 5.61. The molecule has 2 heteroatoms. The fourth-order valence-corrected chi connectivity index (χ4v) is 2.06. The molecule has 15 heavy (non-hydrogen) atoms. The van der Waals surface area contributed by atoms with Crippen molar-refractivity contribution < 1.29 is 0 Å². The molecule has 0 aromatic heterocycles. The summed E-state index contributed by atoms with van der Waals surface area (Å²) in [6.45, 7) is 14.6. The average Bonchev–Trinajstić information content (AvgIpc) is 2.11. The van der Waals surface area contributed by atoms with Gasteiger partial charge in [0.2, 0.25) is 0 Å². The van der Waals surface area contributed by atoms with Gasteiger partial charge >= 0.3 is 0 Å². The highest BCUT2D eigenvalue weighted by Gasteiger charge is 2.17. The Kier molecular flexibility index (Phi) is 7.20. The van der Waals surface area contributed by atoms with Crippen LogP contribution in [-0.4, -0.2) is 30.6 Å². The lowest BCUT2D eigenvalue weighted by Gasteiger charge is -2.28. The Bertz CT molecular complexity index is 153. The van der Waals surface area contributed by atoms with Crippen molar-refractivity contribution in [3.8, 4) is 0 Å². The van der Waals surface area contributed by atoms with Crippen LogP contribution in [0.25, 0.3) is 0 Å². The molecule has 0 spiro atoms. The Morgan fingerprint density at radius 1 is 1.20 bits per heavy atom. The molecule has 0 saturated heterocycles.